The predicted octanol–water partition coefficient (Wildman–Crippen LogP) is 3.15. The number of nitrogens with two attached hydrogens (primary N) is 1. The van der Waals surface area contributed by atoms with Crippen LogP contribution in [-0.2, 0) is 15.7 Å². The summed E-state index contributed by atoms with van der Waals surface area (Å²) in [6.45, 7) is 6.11. The quantitative estimate of drug-likeness (QED) is 0.677. The maximum absolute atomic E-state index is 12.9. The zero-order valence-corrected chi connectivity index (χ0v) is 16.4. The van der Waals surface area contributed by atoms with Gasteiger partial charge in [-0.15, -0.1) is 12.4 Å². The molecule has 1 aliphatic carbocycles. The molecule has 0 heterocycles. The first kappa shape index (κ1) is 23.5. The van der Waals surface area contributed by atoms with E-state index < -0.39 is 22.7 Å². The Hall–Kier alpha value is -1.51. The van der Waals surface area contributed by atoms with Crippen LogP contribution in [0.25, 0.3) is 0 Å². The Morgan fingerprint density at radius 2 is 1.96 bits per heavy atom. The minimum absolute atomic E-state index is 0. The van der Waals surface area contributed by atoms with E-state index in [-0.39, 0.29) is 43.3 Å². The van der Waals surface area contributed by atoms with Gasteiger partial charge < -0.3 is 20.5 Å². The largest absolute Gasteiger partial charge is 0.491 e. The zero-order valence-electron chi connectivity index (χ0n) is 15.6. The van der Waals surface area contributed by atoms with Gasteiger partial charge in [-0.05, 0) is 19.1 Å². The van der Waals surface area contributed by atoms with Gasteiger partial charge in [0, 0.05) is 18.4 Å². The number of alkyl halides is 3. The summed E-state index contributed by atoms with van der Waals surface area (Å²) in [7, 11) is 0. The third-order valence-corrected chi connectivity index (χ3v) is 5.07. The lowest BCUT2D eigenvalue weighted by atomic mass is 9.54. The third kappa shape index (κ3) is 4.67. The monoisotopic (exact) mass is 410 g/mol. The second kappa shape index (κ2) is 8.67. The molecule has 0 bridgehead atoms. The fourth-order valence-electron chi connectivity index (χ4n) is 3.13. The van der Waals surface area contributed by atoms with Crippen molar-refractivity contribution in [1.29, 1.82) is 0 Å². The van der Waals surface area contributed by atoms with Crippen LogP contribution in [0.2, 0.25) is 0 Å². The number of rotatable bonds is 7. The molecule has 0 aliphatic heterocycles. The van der Waals surface area contributed by atoms with Crippen molar-refractivity contribution in [2.45, 2.75) is 45.0 Å². The van der Waals surface area contributed by atoms with Crippen LogP contribution in [0.4, 0.5) is 13.2 Å². The number of halogens is 4. The number of ether oxygens (including phenoxy) is 2. The molecule has 1 amide bonds. The van der Waals surface area contributed by atoms with E-state index in [4.69, 9.17) is 15.2 Å². The van der Waals surface area contributed by atoms with Crippen molar-refractivity contribution < 1.29 is 27.4 Å². The van der Waals surface area contributed by atoms with Crippen LogP contribution < -0.4 is 15.8 Å². The van der Waals surface area contributed by atoms with Crippen LogP contribution in [-0.4, -0.2) is 37.3 Å². The lowest BCUT2D eigenvalue weighted by Crippen LogP contribution is -2.75. The van der Waals surface area contributed by atoms with Crippen molar-refractivity contribution in [3.05, 3.63) is 29.8 Å². The van der Waals surface area contributed by atoms with Gasteiger partial charge in [-0.3, -0.25) is 4.79 Å². The van der Waals surface area contributed by atoms with Crippen molar-refractivity contribution in [2.24, 2.45) is 11.1 Å². The van der Waals surface area contributed by atoms with Gasteiger partial charge in [0.25, 0.3) is 0 Å². The summed E-state index contributed by atoms with van der Waals surface area (Å²) in [6.07, 6.45) is -4.19. The summed E-state index contributed by atoms with van der Waals surface area (Å²) in [6, 6.07) is 4.95. The summed E-state index contributed by atoms with van der Waals surface area (Å²) < 4.78 is 49.5. The lowest BCUT2D eigenvalue weighted by molar-refractivity contribution is -0.170. The third-order valence-electron chi connectivity index (χ3n) is 5.07. The molecule has 2 unspecified atom stereocenters. The topological polar surface area (TPSA) is 73.6 Å². The van der Waals surface area contributed by atoms with E-state index in [2.05, 4.69) is 5.32 Å². The first-order chi connectivity index (χ1) is 12.0. The van der Waals surface area contributed by atoms with Crippen LogP contribution in [0.15, 0.2) is 24.3 Å². The molecule has 0 aromatic heterocycles. The van der Waals surface area contributed by atoms with E-state index in [1.807, 2.05) is 20.8 Å². The van der Waals surface area contributed by atoms with Crippen LogP contribution in [0.1, 0.15) is 32.8 Å². The first-order valence-electron chi connectivity index (χ1n) is 8.52. The average Bonchev–Trinajstić information content (AvgIpc) is 2.57. The number of benzene rings is 1. The second-order valence-electron chi connectivity index (χ2n) is 6.94. The molecule has 1 aliphatic rings. The lowest BCUT2D eigenvalue weighted by Gasteiger charge is -2.57. The summed E-state index contributed by atoms with van der Waals surface area (Å²) >= 11 is 0. The highest BCUT2D eigenvalue weighted by Gasteiger charge is 2.62. The molecule has 0 radical (unpaired) electrons. The molecule has 9 heteroatoms. The Balaban J connectivity index is 0.00000364. The molecule has 1 saturated carbocycles. The number of nitrogens with one attached hydrogen (secondary N) is 1. The summed E-state index contributed by atoms with van der Waals surface area (Å²) in [5.41, 5.74) is 3.79. The standard InChI is InChI=1S/C18H25F3N2O3.ClH/c1-4-25-14-11-17(22,16(14,2)3)15(24)23-9-10-26-13-8-6-5-7-12(13)18(19,20)21;/h5-8,14H,4,9-11,22H2,1-3H3,(H,23,24);1H. The number of para-hydroxylation sites is 1. The van der Waals surface area contributed by atoms with E-state index in [0.717, 1.165) is 6.07 Å². The highest BCUT2D eigenvalue weighted by Crippen LogP contribution is 2.49. The van der Waals surface area contributed by atoms with Crippen molar-refractivity contribution in [1.82, 2.24) is 5.32 Å². The fourth-order valence-corrected chi connectivity index (χ4v) is 3.13. The van der Waals surface area contributed by atoms with Gasteiger partial charge in [0.1, 0.15) is 17.9 Å². The molecule has 27 heavy (non-hydrogen) atoms. The van der Waals surface area contributed by atoms with Crippen molar-refractivity contribution in [2.75, 3.05) is 19.8 Å². The predicted molar refractivity (Wildman–Crippen MR) is 97.9 cm³/mol. The molecule has 2 atom stereocenters. The number of hydrogen-bond donors (Lipinski definition) is 2. The van der Waals surface area contributed by atoms with E-state index in [1.165, 1.54) is 18.2 Å². The van der Waals surface area contributed by atoms with Gasteiger partial charge in [0.15, 0.2) is 0 Å². The summed E-state index contributed by atoms with van der Waals surface area (Å²) in [4.78, 5) is 12.4. The average molecular weight is 411 g/mol. The first-order valence-corrected chi connectivity index (χ1v) is 8.52. The van der Waals surface area contributed by atoms with E-state index in [9.17, 15) is 18.0 Å². The normalized spacial score (nSPS) is 23.7. The van der Waals surface area contributed by atoms with E-state index >= 15 is 0 Å². The number of amides is 1. The van der Waals surface area contributed by atoms with Gasteiger partial charge in [-0.25, -0.2) is 0 Å². The van der Waals surface area contributed by atoms with Crippen molar-refractivity contribution in [3.8, 4) is 5.75 Å². The minimum Gasteiger partial charge on any atom is -0.491 e. The minimum atomic E-state index is -4.49. The smallest absolute Gasteiger partial charge is 0.419 e. The van der Waals surface area contributed by atoms with Gasteiger partial charge in [-0.2, -0.15) is 13.2 Å². The SMILES string of the molecule is CCOC1CC(N)(C(=O)NCCOc2ccccc2C(F)(F)F)C1(C)C.Cl. The van der Waals surface area contributed by atoms with Crippen molar-refractivity contribution in [3.63, 3.8) is 0 Å². The summed E-state index contributed by atoms with van der Waals surface area (Å²) in [5.74, 6) is -0.622. The van der Waals surface area contributed by atoms with Crippen LogP contribution in [0, 0.1) is 5.41 Å². The van der Waals surface area contributed by atoms with Gasteiger partial charge in [-0.1, -0.05) is 26.0 Å². The Kier molecular flexibility index (Phi) is 7.55. The van der Waals surface area contributed by atoms with E-state index in [1.54, 1.807) is 0 Å². The molecule has 0 spiro atoms. The molecule has 3 N–H and O–H groups in total. The van der Waals surface area contributed by atoms with Crippen LogP contribution >= 0.6 is 12.4 Å². The Bertz CT molecular complexity index is 655. The molecule has 154 valence electrons. The maximum Gasteiger partial charge on any atom is 0.419 e. The number of hydrogen-bond acceptors (Lipinski definition) is 4. The molecule has 0 saturated heterocycles. The fraction of sp³-hybridized carbons (Fsp3) is 0.611. The molecular weight excluding hydrogens is 385 g/mol. The highest BCUT2D eigenvalue weighted by atomic mass is 35.5. The van der Waals surface area contributed by atoms with Crippen LogP contribution in [0.3, 0.4) is 0 Å². The van der Waals surface area contributed by atoms with Gasteiger partial charge >= 0.3 is 6.18 Å². The highest BCUT2D eigenvalue weighted by molar-refractivity contribution is 5.88. The molecule has 5 nitrogen and oxygen atoms in total. The maximum atomic E-state index is 12.9. The second-order valence-corrected chi connectivity index (χ2v) is 6.94. The van der Waals surface area contributed by atoms with Crippen molar-refractivity contribution >= 4 is 18.3 Å². The van der Waals surface area contributed by atoms with Gasteiger partial charge in [0.2, 0.25) is 5.91 Å². The van der Waals surface area contributed by atoms with E-state index in [0.29, 0.717) is 13.0 Å². The van der Waals surface area contributed by atoms with Gasteiger partial charge in [0.05, 0.1) is 18.2 Å². The zero-order chi connectivity index (χ0) is 19.6. The Morgan fingerprint density at radius 3 is 2.52 bits per heavy atom. The van der Waals surface area contributed by atoms with Crippen LogP contribution in [0.5, 0.6) is 5.75 Å². The Morgan fingerprint density at radius 1 is 1.33 bits per heavy atom. The molecule has 2 rings (SSSR count). The molecule has 1 aromatic rings. The Labute approximate surface area is 163 Å². The molecule has 1 aromatic carbocycles. The molecular formula is C18H26ClF3N2O3. The number of carbonyl (C=O) groups excluding carboxylic acids is 1. The number of carbonyl (C=O) groups is 1. The summed E-state index contributed by atoms with van der Waals surface area (Å²) in [5, 5.41) is 2.65. The molecule has 1 fully saturated rings.